The quantitative estimate of drug-likeness (QED) is 0.441. The van der Waals surface area contributed by atoms with Crippen LogP contribution < -0.4 is 20.3 Å². The molecule has 3 aromatic rings. The van der Waals surface area contributed by atoms with Crippen LogP contribution in [0, 0.1) is 5.92 Å². The van der Waals surface area contributed by atoms with Crippen molar-refractivity contribution in [1.29, 1.82) is 0 Å². The lowest BCUT2D eigenvalue weighted by atomic mass is 9.90. The van der Waals surface area contributed by atoms with E-state index in [4.69, 9.17) is 15.7 Å². The van der Waals surface area contributed by atoms with Gasteiger partial charge in [0, 0.05) is 25.2 Å². The van der Waals surface area contributed by atoms with Gasteiger partial charge in [0.15, 0.2) is 5.03 Å². The van der Waals surface area contributed by atoms with Gasteiger partial charge < -0.3 is 15.5 Å². The van der Waals surface area contributed by atoms with Crippen LogP contribution in [-0.4, -0.2) is 54.5 Å². The van der Waals surface area contributed by atoms with Crippen LogP contribution in [0.1, 0.15) is 51.4 Å². The minimum atomic E-state index is -4.25. The zero-order valence-electron chi connectivity index (χ0n) is 22.5. The fourth-order valence-electron chi connectivity index (χ4n) is 4.68. The van der Waals surface area contributed by atoms with Crippen molar-refractivity contribution < 1.29 is 13.2 Å². The van der Waals surface area contributed by atoms with E-state index in [-0.39, 0.29) is 21.9 Å². The van der Waals surface area contributed by atoms with Gasteiger partial charge in [0.25, 0.3) is 15.9 Å². The molecule has 11 heteroatoms. The van der Waals surface area contributed by atoms with Crippen molar-refractivity contribution in [3.05, 3.63) is 54.1 Å². The van der Waals surface area contributed by atoms with E-state index >= 15 is 0 Å². The van der Waals surface area contributed by atoms with Crippen LogP contribution in [0.4, 0.5) is 17.5 Å². The molecule has 1 amide bonds. The Morgan fingerprint density at radius 1 is 1.05 bits per heavy atom. The number of nitrogens with two attached hydrogens (primary N) is 1. The minimum absolute atomic E-state index is 0.0410. The molecule has 202 valence electrons. The fourth-order valence-corrected chi connectivity index (χ4v) is 5.62. The van der Waals surface area contributed by atoms with E-state index in [0.717, 1.165) is 25.3 Å². The van der Waals surface area contributed by atoms with Crippen LogP contribution in [0.2, 0.25) is 0 Å². The maximum absolute atomic E-state index is 13.4. The topological polar surface area (TPSA) is 134 Å². The molecule has 10 nitrogen and oxygen atoms in total. The molecule has 0 aliphatic carbocycles. The monoisotopic (exact) mass is 537 g/mol. The lowest BCUT2D eigenvalue weighted by Crippen LogP contribution is -2.43. The van der Waals surface area contributed by atoms with Crippen LogP contribution >= 0.6 is 0 Å². The van der Waals surface area contributed by atoms with E-state index in [1.54, 1.807) is 12.1 Å². The van der Waals surface area contributed by atoms with Crippen molar-refractivity contribution >= 4 is 33.4 Å². The molecule has 4 rings (SSSR count). The van der Waals surface area contributed by atoms with Crippen LogP contribution in [0.15, 0.2) is 53.6 Å². The van der Waals surface area contributed by atoms with Crippen molar-refractivity contribution in [2.75, 3.05) is 35.2 Å². The van der Waals surface area contributed by atoms with Gasteiger partial charge in [-0.25, -0.2) is 19.7 Å². The number of aromatic nitrogens is 3. The first kappa shape index (κ1) is 27.3. The van der Waals surface area contributed by atoms with Gasteiger partial charge in [0.1, 0.15) is 17.5 Å². The first-order valence-electron chi connectivity index (χ1n) is 12.8. The summed E-state index contributed by atoms with van der Waals surface area (Å²) in [5, 5.41) is -0.329. The molecule has 3 N–H and O–H groups in total. The maximum atomic E-state index is 13.4. The van der Waals surface area contributed by atoms with E-state index in [9.17, 15) is 13.2 Å². The number of carbonyl (C=O) groups excluding carboxylic acids is 1. The number of hydrogen-bond acceptors (Lipinski definition) is 9. The second-order valence-corrected chi connectivity index (χ2v) is 11.6. The van der Waals surface area contributed by atoms with Gasteiger partial charge >= 0.3 is 0 Å². The number of sulfonamides is 1. The van der Waals surface area contributed by atoms with Crippen molar-refractivity contribution in [3.63, 3.8) is 0 Å². The first-order valence-corrected chi connectivity index (χ1v) is 14.3. The third-order valence-corrected chi connectivity index (χ3v) is 8.63. The summed E-state index contributed by atoms with van der Waals surface area (Å²) in [5.74, 6) is 0.851. The molecule has 0 aromatic carbocycles. The molecule has 0 saturated carbocycles. The van der Waals surface area contributed by atoms with Gasteiger partial charge in [-0.1, -0.05) is 19.1 Å². The van der Waals surface area contributed by atoms with E-state index < -0.39 is 15.9 Å². The number of pyridine rings is 3. The summed E-state index contributed by atoms with van der Waals surface area (Å²) >= 11 is 0. The number of nitrogens with one attached hydrogen (secondary N) is 1. The number of rotatable bonds is 8. The molecule has 0 radical (unpaired) electrons. The van der Waals surface area contributed by atoms with Crippen LogP contribution in [0.25, 0.3) is 11.4 Å². The maximum Gasteiger partial charge on any atom is 0.281 e. The summed E-state index contributed by atoms with van der Waals surface area (Å²) in [4.78, 5) is 31.2. The fraction of sp³-hybridized carbons (Fsp3) is 0.407. The Bertz CT molecular complexity index is 1440. The molecule has 1 saturated heterocycles. The lowest BCUT2D eigenvalue weighted by molar-refractivity contribution is 0.0981. The first-order chi connectivity index (χ1) is 18.0. The average Bonchev–Trinajstić information content (AvgIpc) is 3.16. The number of amides is 1. The number of anilines is 3. The average molecular weight is 538 g/mol. The van der Waals surface area contributed by atoms with Crippen molar-refractivity contribution in [2.24, 2.45) is 5.92 Å². The Morgan fingerprint density at radius 3 is 2.37 bits per heavy atom. The SMILES string of the molecule is CCN(CC)c1cccc(-c2ccc(C(=O)NS(=O)(=O)c3cccc(N)n3)c(N3CCC(C)C3(C)C)n2)n1. The standard InChI is InChI=1S/C27H35N7O3S/c1-6-33(7-2)23-12-8-10-20(29-23)21-15-14-19(25(30-21)34-17-16-18(3)27(34,4)5)26(35)32-38(36,37)24-13-9-11-22(28)31-24/h8-15,18H,6-7,16-17H2,1-5H3,(H2,28,31)(H,32,35). The summed E-state index contributed by atoms with van der Waals surface area (Å²) in [7, 11) is -4.25. The van der Waals surface area contributed by atoms with E-state index in [2.05, 4.69) is 54.1 Å². The van der Waals surface area contributed by atoms with E-state index in [1.165, 1.54) is 18.2 Å². The summed E-state index contributed by atoms with van der Waals surface area (Å²) in [5.41, 5.74) is 6.78. The van der Waals surface area contributed by atoms with Crippen molar-refractivity contribution in [2.45, 2.75) is 51.6 Å². The Morgan fingerprint density at radius 2 is 1.74 bits per heavy atom. The minimum Gasteiger partial charge on any atom is -0.384 e. The normalized spacial score (nSPS) is 16.9. The van der Waals surface area contributed by atoms with Crippen molar-refractivity contribution in [1.82, 2.24) is 19.7 Å². The van der Waals surface area contributed by atoms with Crippen molar-refractivity contribution in [3.8, 4) is 11.4 Å². The van der Waals surface area contributed by atoms with Gasteiger partial charge in [-0.05, 0) is 76.4 Å². The molecule has 1 atom stereocenters. The summed E-state index contributed by atoms with van der Waals surface area (Å²) in [6.45, 7) is 12.8. The van der Waals surface area contributed by atoms with Gasteiger partial charge in [-0.3, -0.25) is 4.79 Å². The highest BCUT2D eigenvalue weighted by molar-refractivity contribution is 7.90. The molecule has 0 bridgehead atoms. The highest BCUT2D eigenvalue weighted by Crippen LogP contribution is 2.39. The highest BCUT2D eigenvalue weighted by Gasteiger charge is 2.41. The molecule has 0 spiro atoms. The number of nitrogen functional groups attached to an aromatic ring is 1. The molecular formula is C27H35N7O3S. The molecule has 1 unspecified atom stereocenters. The molecule has 1 aliphatic heterocycles. The number of hydrogen-bond donors (Lipinski definition) is 2. The molecular weight excluding hydrogens is 502 g/mol. The Balaban J connectivity index is 1.78. The largest absolute Gasteiger partial charge is 0.384 e. The van der Waals surface area contributed by atoms with Crippen LogP contribution in [-0.2, 0) is 10.0 Å². The summed E-state index contributed by atoms with van der Waals surface area (Å²) in [6, 6.07) is 13.3. The third-order valence-electron chi connectivity index (χ3n) is 7.39. The van der Waals surface area contributed by atoms with E-state index in [0.29, 0.717) is 29.7 Å². The Kier molecular flexibility index (Phi) is 7.59. The second-order valence-electron chi connectivity index (χ2n) is 9.95. The molecule has 3 aromatic heterocycles. The predicted octanol–water partition coefficient (Wildman–Crippen LogP) is 3.71. The number of carbonyl (C=O) groups is 1. The zero-order chi connectivity index (χ0) is 27.7. The molecule has 38 heavy (non-hydrogen) atoms. The third kappa shape index (κ3) is 5.28. The smallest absolute Gasteiger partial charge is 0.281 e. The predicted molar refractivity (Wildman–Crippen MR) is 150 cm³/mol. The summed E-state index contributed by atoms with van der Waals surface area (Å²) in [6.07, 6.45) is 0.918. The van der Waals surface area contributed by atoms with Gasteiger partial charge in [0.05, 0.1) is 17.0 Å². The highest BCUT2D eigenvalue weighted by atomic mass is 32.2. The second kappa shape index (κ2) is 10.6. The van der Waals surface area contributed by atoms with Crippen LogP contribution in [0.5, 0.6) is 0 Å². The molecule has 4 heterocycles. The summed E-state index contributed by atoms with van der Waals surface area (Å²) < 4.78 is 28.0. The zero-order valence-corrected chi connectivity index (χ0v) is 23.3. The lowest BCUT2D eigenvalue weighted by Gasteiger charge is -2.36. The molecule has 1 aliphatic rings. The Labute approximate surface area is 224 Å². The number of nitrogens with zero attached hydrogens (tertiary/aromatic N) is 5. The Hall–Kier alpha value is -3.73. The van der Waals surface area contributed by atoms with E-state index in [1.807, 2.05) is 18.2 Å². The van der Waals surface area contributed by atoms with Gasteiger partial charge in [-0.2, -0.15) is 8.42 Å². The molecule has 1 fully saturated rings. The van der Waals surface area contributed by atoms with Gasteiger partial charge in [-0.15, -0.1) is 0 Å². The van der Waals surface area contributed by atoms with Gasteiger partial charge in [0.2, 0.25) is 0 Å². The van der Waals surface area contributed by atoms with Crippen LogP contribution in [0.3, 0.4) is 0 Å².